The third-order valence-corrected chi connectivity index (χ3v) is 21.8. The van der Waals surface area contributed by atoms with Gasteiger partial charge in [0.05, 0.1) is 16.7 Å². The Balaban J connectivity index is 1.05. The van der Waals surface area contributed by atoms with Crippen molar-refractivity contribution < 1.29 is 4.42 Å². The summed E-state index contributed by atoms with van der Waals surface area (Å²) >= 11 is 0. The van der Waals surface area contributed by atoms with Crippen molar-refractivity contribution in [3.8, 4) is 61.3 Å². The predicted octanol–water partition coefficient (Wildman–Crippen LogP) is 23.6. The maximum absolute atomic E-state index is 7.28. The highest BCUT2D eigenvalue weighted by Crippen LogP contribution is 2.52. The smallest absolute Gasteiger partial charge is 0.252 e. The molecule has 0 saturated heterocycles. The summed E-state index contributed by atoms with van der Waals surface area (Å²) in [4.78, 5) is 5.31. The van der Waals surface area contributed by atoms with Crippen molar-refractivity contribution in [1.82, 2.24) is 4.57 Å². The van der Waals surface area contributed by atoms with Crippen LogP contribution in [0.5, 0.6) is 0 Å². The van der Waals surface area contributed by atoms with Crippen LogP contribution in [0, 0.1) is 0 Å². The second kappa shape index (κ2) is 21.6. The molecule has 0 spiro atoms. The van der Waals surface area contributed by atoms with Crippen LogP contribution in [0.3, 0.4) is 0 Å². The van der Waals surface area contributed by atoms with Crippen molar-refractivity contribution in [2.75, 3.05) is 9.80 Å². The summed E-state index contributed by atoms with van der Waals surface area (Å²) in [6, 6.07) is 105. The molecule has 4 aliphatic heterocycles. The van der Waals surface area contributed by atoms with Gasteiger partial charge in [0, 0.05) is 61.1 Å². The van der Waals surface area contributed by atoms with E-state index in [1.54, 1.807) is 0 Å². The molecule has 4 nitrogen and oxygen atoms in total. The zero-order chi connectivity index (χ0) is 66.9. The molecular weight excluding hydrogens is 1190 g/mol. The van der Waals surface area contributed by atoms with Gasteiger partial charge in [-0.15, -0.1) is 0 Å². The van der Waals surface area contributed by atoms with Gasteiger partial charge >= 0.3 is 0 Å². The molecule has 0 atom stereocenters. The summed E-state index contributed by atoms with van der Waals surface area (Å²) in [5.74, 6) is 0. The highest BCUT2D eigenvalue weighted by Gasteiger charge is 2.45. The summed E-state index contributed by atoms with van der Waals surface area (Å²) in [7, 11) is 0. The van der Waals surface area contributed by atoms with Crippen molar-refractivity contribution in [2.45, 2.75) is 97.8 Å². The SMILES string of the molecule is CC(C)(C)c1ccc2c(c1)N(c1cc(-c3ccccc3)cc(-c3ccccc3)c1)c1cc3cc4c1B2c1ccc(C(C)(C)C)cc1N4c1cc(-c2ccccc2)cc(c1)-c1ccccc1C(C)(C)c1ccc2c(c1)c1cc(C(C)(C)C)ccc1n2-c1cc-3cc2c1oc1ccccc12. The average molecular weight is 1260 g/mol. The van der Waals surface area contributed by atoms with Gasteiger partial charge in [-0.1, -0.05) is 246 Å². The molecule has 6 heterocycles. The number of benzene rings is 13. The highest BCUT2D eigenvalue weighted by molar-refractivity contribution is 7.00. The average Bonchev–Trinajstić information content (AvgIpc) is 0.713. The molecule has 10 bridgehead atoms. The molecule has 0 amide bonds. The zero-order valence-corrected chi connectivity index (χ0v) is 57.8. The minimum Gasteiger partial charge on any atom is -0.454 e. The second-order valence-corrected chi connectivity index (χ2v) is 31.4. The lowest BCUT2D eigenvalue weighted by Gasteiger charge is -2.45. The summed E-state index contributed by atoms with van der Waals surface area (Å²) in [5, 5.41) is 4.58. The van der Waals surface area contributed by atoms with Gasteiger partial charge < -0.3 is 18.8 Å². The minimum absolute atomic E-state index is 0.0904. The van der Waals surface area contributed by atoms with Crippen LogP contribution in [0.15, 0.2) is 277 Å². The first-order valence-corrected chi connectivity index (χ1v) is 34.9. The summed E-state index contributed by atoms with van der Waals surface area (Å²) in [6.07, 6.45) is 0. The van der Waals surface area contributed by atoms with Crippen molar-refractivity contribution in [3.05, 3.63) is 301 Å². The first-order valence-electron chi connectivity index (χ1n) is 34.9. The van der Waals surface area contributed by atoms with Gasteiger partial charge in [0.25, 0.3) is 6.71 Å². The monoisotopic (exact) mass is 1260 g/mol. The first kappa shape index (κ1) is 59.6. The van der Waals surface area contributed by atoms with Crippen LogP contribution in [-0.4, -0.2) is 11.3 Å². The molecule has 98 heavy (non-hydrogen) atoms. The normalized spacial score (nSPS) is 13.9. The Hall–Kier alpha value is -10.9. The predicted molar refractivity (Wildman–Crippen MR) is 417 cm³/mol. The Morgan fingerprint density at radius 1 is 0.327 bits per heavy atom. The number of hydrogen-bond acceptors (Lipinski definition) is 3. The van der Waals surface area contributed by atoms with Crippen LogP contribution in [0.4, 0.5) is 34.1 Å². The Morgan fingerprint density at radius 2 is 0.765 bits per heavy atom. The molecule has 2 aromatic heterocycles. The fraction of sp³-hybridized carbons (Fsp3) is 0.161. The number of fused-ring (bicyclic) bond motifs is 9. The van der Waals surface area contributed by atoms with E-state index in [4.69, 9.17) is 4.42 Å². The number of para-hydroxylation sites is 1. The van der Waals surface area contributed by atoms with Crippen molar-refractivity contribution in [1.29, 1.82) is 0 Å². The summed E-state index contributed by atoms with van der Waals surface area (Å²) in [5.41, 5.74) is 32.6. The molecule has 0 saturated carbocycles. The third kappa shape index (κ3) is 9.40. The molecule has 0 radical (unpaired) electrons. The number of nitrogens with zero attached hydrogens (tertiary/aromatic N) is 3. The zero-order valence-electron chi connectivity index (χ0n) is 57.8. The molecule has 0 N–H and O–H groups in total. The van der Waals surface area contributed by atoms with Gasteiger partial charge in [-0.25, -0.2) is 0 Å². The highest BCUT2D eigenvalue weighted by atomic mass is 16.3. The lowest BCUT2D eigenvalue weighted by molar-refractivity contribution is 0.590. The van der Waals surface area contributed by atoms with Crippen molar-refractivity contribution in [2.24, 2.45) is 0 Å². The van der Waals surface area contributed by atoms with E-state index in [0.29, 0.717) is 0 Å². The molecule has 0 unspecified atom stereocenters. The van der Waals surface area contributed by atoms with E-state index >= 15 is 0 Å². The summed E-state index contributed by atoms with van der Waals surface area (Å²) < 4.78 is 9.80. The Kier molecular flexibility index (Phi) is 13.1. The van der Waals surface area contributed by atoms with Crippen LogP contribution in [0.1, 0.15) is 104 Å². The van der Waals surface area contributed by atoms with Crippen LogP contribution in [-0.2, 0) is 21.7 Å². The quantitative estimate of drug-likeness (QED) is 0.164. The maximum Gasteiger partial charge on any atom is 0.252 e. The van der Waals surface area contributed by atoms with Crippen LogP contribution >= 0.6 is 0 Å². The van der Waals surface area contributed by atoms with E-state index < -0.39 is 5.41 Å². The number of aromatic nitrogens is 1. The lowest BCUT2D eigenvalue weighted by Crippen LogP contribution is -2.61. The molecule has 19 rings (SSSR count). The number of rotatable bonds is 4. The van der Waals surface area contributed by atoms with Gasteiger partial charge in [0.2, 0.25) is 0 Å². The van der Waals surface area contributed by atoms with Crippen molar-refractivity contribution >= 4 is 101 Å². The Labute approximate surface area is 576 Å². The van der Waals surface area contributed by atoms with Crippen LogP contribution < -0.4 is 26.2 Å². The number of furan rings is 1. The molecule has 0 fully saturated rings. The molecule has 0 aliphatic carbocycles. The van der Waals surface area contributed by atoms with Crippen LogP contribution in [0.2, 0.25) is 0 Å². The Bertz CT molecular complexity index is 5730. The van der Waals surface area contributed by atoms with E-state index in [0.717, 1.165) is 100 Å². The fourth-order valence-corrected chi connectivity index (χ4v) is 16.4. The number of hydrogen-bond donors (Lipinski definition) is 0. The largest absolute Gasteiger partial charge is 0.454 e. The maximum atomic E-state index is 7.28. The van der Waals surface area contributed by atoms with Gasteiger partial charge in [-0.05, 0) is 219 Å². The number of anilines is 6. The van der Waals surface area contributed by atoms with E-state index in [9.17, 15) is 0 Å². The van der Waals surface area contributed by atoms with Gasteiger partial charge in [-0.3, -0.25) is 0 Å². The first-order chi connectivity index (χ1) is 47.2. The van der Waals surface area contributed by atoms with Gasteiger partial charge in [0.1, 0.15) is 5.58 Å². The van der Waals surface area contributed by atoms with Gasteiger partial charge in [-0.2, -0.15) is 0 Å². The molecule has 5 heteroatoms. The van der Waals surface area contributed by atoms with E-state index in [-0.39, 0.29) is 23.0 Å². The topological polar surface area (TPSA) is 24.6 Å². The van der Waals surface area contributed by atoms with E-state index in [2.05, 4.69) is 364 Å². The molecular formula is C93H78BN3O. The lowest BCUT2D eigenvalue weighted by atomic mass is 9.33. The molecule has 4 aliphatic rings. The molecule has 15 aromatic rings. The van der Waals surface area contributed by atoms with E-state index in [1.165, 1.54) is 83.0 Å². The molecule has 474 valence electrons. The Morgan fingerprint density at radius 3 is 1.33 bits per heavy atom. The summed E-state index contributed by atoms with van der Waals surface area (Å²) in [6.45, 7) is 25.8. The second-order valence-electron chi connectivity index (χ2n) is 31.4. The van der Waals surface area contributed by atoms with E-state index in [1.807, 2.05) is 0 Å². The minimum atomic E-state index is -0.455. The van der Waals surface area contributed by atoms with Crippen LogP contribution in [0.25, 0.3) is 105 Å². The molecule has 13 aromatic carbocycles. The van der Waals surface area contributed by atoms with Crippen molar-refractivity contribution in [3.63, 3.8) is 0 Å². The third-order valence-electron chi connectivity index (χ3n) is 21.8. The fourth-order valence-electron chi connectivity index (χ4n) is 16.4. The van der Waals surface area contributed by atoms with Gasteiger partial charge in [0.15, 0.2) is 5.58 Å². The standard InChI is InChI=1S/C93H78BN3O/c1-90(2,3)66-37-41-80-74(53-66)75-54-69-38-42-81(75)97(80)86-52-63(49-76-73-32-22-24-34-87(73)98-89(76)86)64-50-84-88-85(51-64)96(71-47-62(59-29-19-14-20-30-59)44-65(48-71)72-31-21-23-33-77(72)93(69,10)11)83-56-68(92(7,8)9)36-40-79(83)94(88)78-39-35-67(91(4,5)6)55-82(78)95(84)70-45-60(57-25-15-12-16-26-57)43-61(46-70)58-27-17-13-18-28-58/h12-56H,1-11H3.